The molecular formula is C18H30N4O3. The first-order chi connectivity index (χ1) is 11.6. The van der Waals surface area contributed by atoms with Crippen LogP contribution in [0, 0.1) is 0 Å². The molecule has 0 aromatic carbocycles. The number of amides is 2. The van der Waals surface area contributed by atoms with E-state index in [0.717, 1.165) is 24.1 Å². The third-order valence-corrected chi connectivity index (χ3v) is 4.29. The molecule has 0 saturated heterocycles. The van der Waals surface area contributed by atoms with E-state index in [-0.39, 0.29) is 12.0 Å². The number of carbonyl (C=O) groups is 2. The quantitative estimate of drug-likeness (QED) is 0.837. The summed E-state index contributed by atoms with van der Waals surface area (Å²) in [5.74, 6) is -0.0867. The molecule has 1 aliphatic rings. The van der Waals surface area contributed by atoms with Crippen molar-refractivity contribution >= 4 is 12.0 Å². The molecule has 0 N–H and O–H groups in total. The number of hydrogen-bond donors (Lipinski definition) is 0. The predicted octanol–water partition coefficient (Wildman–Crippen LogP) is 2.59. The number of aryl methyl sites for hydroxylation is 1. The lowest BCUT2D eigenvalue weighted by Gasteiger charge is -2.30. The molecule has 25 heavy (non-hydrogen) atoms. The highest BCUT2D eigenvalue weighted by atomic mass is 16.6. The number of hydrogen-bond acceptors (Lipinski definition) is 4. The van der Waals surface area contributed by atoms with E-state index in [4.69, 9.17) is 4.74 Å². The lowest BCUT2D eigenvalue weighted by atomic mass is 10.0. The lowest BCUT2D eigenvalue weighted by Crippen LogP contribution is -2.40. The number of ether oxygens (including phenoxy) is 1. The number of aromatic nitrogens is 2. The van der Waals surface area contributed by atoms with E-state index in [1.807, 2.05) is 27.8 Å². The molecule has 2 rings (SSSR count). The van der Waals surface area contributed by atoms with E-state index in [2.05, 4.69) is 12.0 Å². The second kappa shape index (κ2) is 7.45. The van der Waals surface area contributed by atoms with Gasteiger partial charge in [0.05, 0.1) is 6.54 Å². The van der Waals surface area contributed by atoms with E-state index in [9.17, 15) is 9.59 Å². The first-order valence-corrected chi connectivity index (χ1v) is 8.92. The van der Waals surface area contributed by atoms with Gasteiger partial charge in [0, 0.05) is 44.9 Å². The van der Waals surface area contributed by atoms with Crippen LogP contribution in [0.15, 0.2) is 0 Å². The minimum atomic E-state index is -0.536. The lowest BCUT2D eigenvalue weighted by molar-refractivity contribution is 0.0221. The van der Waals surface area contributed by atoms with Crippen LogP contribution in [0.1, 0.15) is 62.3 Å². The number of rotatable bonds is 4. The Balaban J connectivity index is 2.20. The van der Waals surface area contributed by atoms with E-state index >= 15 is 0 Å². The van der Waals surface area contributed by atoms with Crippen LogP contribution < -0.4 is 0 Å². The number of fused-ring (bicyclic) bond motifs is 1. The molecule has 2 amide bonds. The fraction of sp³-hybridized carbons (Fsp3) is 0.722. The van der Waals surface area contributed by atoms with Crippen LogP contribution in [0.2, 0.25) is 0 Å². The highest BCUT2D eigenvalue weighted by molar-refractivity contribution is 5.94. The summed E-state index contributed by atoms with van der Waals surface area (Å²) in [6.45, 7) is 9.28. The maximum Gasteiger partial charge on any atom is 0.410 e. The van der Waals surface area contributed by atoms with E-state index in [1.54, 1.807) is 21.5 Å². The number of carbonyl (C=O) groups excluding carboxylic acids is 2. The highest BCUT2D eigenvalue weighted by Gasteiger charge is 2.32. The fourth-order valence-electron chi connectivity index (χ4n) is 2.92. The van der Waals surface area contributed by atoms with Crippen LogP contribution in [0.4, 0.5) is 4.79 Å². The van der Waals surface area contributed by atoms with Crippen molar-refractivity contribution in [3.05, 3.63) is 17.0 Å². The zero-order chi connectivity index (χ0) is 18.8. The molecule has 0 aliphatic carbocycles. The zero-order valence-corrected chi connectivity index (χ0v) is 16.3. The predicted molar refractivity (Wildman–Crippen MR) is 95.4 cm³/mol. The maximum absolute atomic E-state index is 12.8. The molecule has 1 aliphatic heterocycles. The molecular weight excluding hydrogens is 320 g/mol. The molecule has 1 aromatic rings. The molecule has 7 nitrogen and oxygen atoms in total. The number of unbranched alkanes of at least 4 members (excludes halogenated alkanes) is 1. The Bertz CT molecular complexity index is 645. The van der Waals surface area contributed by atoms with Crippen LogP contribution in [0.3, 0.4) is 0 Å². The molecule has 0 radical (unpaired) electrons. The van der Waals surface area contributed by atoms with Crippen molar-refractivity contribution in [2.24, 2.45) is 7.05 Å². The van der Waals surface area contributed by atoms with Gasteiger partial charge in [0.2, 0.25) is 0 Å². The smallest absolute Gasteiger partial charge is 0.410 e. The van der Waals surface area contributed by atoms with Crippen molar-refractivity contribution in [3.63, 3.8) is 0 Å². The van der Waals surface area contributed by atoms with Crippen molar-refractivity contribution in [1.82, 2.24) is 19.6 Å². The monoisotopic (exact) mass is 350 g/mol. The van der Waals surface area contributed by atoms with E-state index in [1.165, 1.54) is 0 Å². The minimum Gasteiger partial charge on any atom is -0.444 e. The summed E-state index contributed by atoms with van der Waals surface area (Å²) in [7, 11) is 3.65. The summed E-state index contributed by atoms with van der Waals surface area (Å²) in [5, 5.41) is 4.44. The van der Waals surface area contributed by atoms with Gasteiger partial charge in [0.1, 0.15) is 5.60 Å². The van der Waals surface area contributed by atoms with Crippen LogP contribution in [0.25, 0.3) is 0 Å². The summed E-state index contributed by atoms with van der Waals surface area (Å²) >= 11 is 0. The first-order valence-electron chi connectivity index (χ1n) is 8.92. The summed E-state index contributed by atoms with van der Waals surface area (Å²) < 4.78 is 7.23. The fourth-order valence-corrected chi connectivity index (χ4v) is 2.92. The van der Waals surface area contributed by atoms with Gasteiger partial charge < -0.3 is 14.5 Å². The van der Waals surface area contributed by atoms with Gasteiger partial charge >= 0.3 is 6.09 Å². The third kappa shape index (κ3) is 4.52. The van der Waals surface area contributed by atoms with Gasteiger partial charge in [-0.1, -0.05) is 13.3 Å². The van der Waals surface area contributed by atoms with Crippen LogP contribution >= 0.6 is 0 Å². The van der Waals surface area contributed by atoms with Gasteiger partial charge in [-0.2, -0.15) is 5.10 Å². The average Bonchev–Trinajstić information content (AvgIpc) is 2.86. The van der Waals surface area contributed by atoms with Crippen molar-refractivity contribution < 1.29 is 14.3 Å². The summed E-state index contributed by atoms with van der Waals surface area (Å²) in [4.78, 5) is 28.5. The normalized spacial score (nSPS) is 14.2. The molecule has 7 heteroatoms. The molecule has 0 spiro atoms. The topological polar surface area (TPSA) is 67.7 Å². The molecule has 1 aromatic heterocycles. The van der Waals surface area contributed by atoms with Gasteiger partial charge in [-0.05, 0) is 27.2 Å². The summed E-state index contributed by atoms with van der Waals surface area (Å²) in [5.41, 5.74) is 1.77. The standard InChI is InChI=1S/C18H30N4O3/c1-7-8-10-20(5)16(23)15-13-12-22(17(24)25-18(2,3)4)11-9-14(13)21(6)19-15/h7-12H2,1-6H3. The molecule has 140 valence electrons. The molecule has 0 fully saturated rings. The maximum atomic E-state index is 12.8. The van der Waals surface area contributed by atoms with Gasteiger partial charge in [-0.15, -0.1) is 0 Å². The SMILES string of the molecule is CCCCN(C)C(=O)c1nn(C)c2c1CN(C(=O)OC(C)(C)C)CC2. The molecule has 0 atom stereocenters. The third-order valence-electron chi connectivity index (χ3n) is 4.29. The van der Waals surface area contributed by atoms with E-state index < -0.39 is 5.60 Å². The van der Waals surface area contributed by atoms with Crippen molar-refractivity contribution in [3.8, 4) is 0 Å². The second-order valence-electron chi connectivity index (χ2n) is 7.63. The minimum absolute atomic E-state index is 0.0867. The largest absolute Gasteiger partial charge is 0.444 e. The summed E-state index contributed by atoms with van der Waals surface area (Å²) in [6.07, 6.45) is 2.31. The Morgan fingerprint density at radius 3 is 2.60 bits per heavy atom. The van der Waals surface area contributed by atoms with Crippen LogP contribution in [-0.2, 0) is 24.8 Å². The van der Waals surface area contributed by atoms with E-state index in [0.29, 0.717) is 31.7 Å². The van der Waals surface area contributed by atoms with Gasteiger partial charge in [0.25, 0.3) is 5.91 Å². The Morgan fingerprint density at radius 2 is 2.00 bits per heavy atom. The zero-order valence-electron chi connectivity index (χ0n) is 16.3. The Labute approximate surface area is 149 Å². The Hall–Kier alpha value is -2.05. The van der Waals surface area contributed by atoms with Crippen LogP contribution in [-0.4, -0.2) is 57.3 Å². The Kier molecular flexibility index (Phi) is 5.75. The second-order valence-corrected chi connectivity index (χ2v) is 7.63. The van der Waals surface area contributed by atoms with Crippen molar-refractivity contribution in [1.29, 1.82) is 0 Å². The van der Waals surface area contributed by atoms with Crippen LogP contribution in [0.5, 0.6) is 0 Å². The molecule has 2 heterocycles. The summed E-state index contributed by atoms with van der Waals surface area (Å²) in [6, 6.07) is 0. The van der Waals surface area contributed by atoms with Gasteiger partial charge in [0.15, 0.2) is 5.69 Å². The molecule has 0 unspecified atom stereocenters. The molecule has 0 saturated carbocycles. The average molecular weight is 350 g/mol. The highest BCUT2D eigenvalue weighted by Crippen LogP contribution is 2.24. The van der Waals surface area contributed by atoms with Gasteiger partial charge in [-0.25, -0.2) is 4.79 Å². The van der Waals surface area contributed by atoms with Crippen molar-refractivity contribution in [2.75, 3.05) is 20.1 Å². The Morgan fingerprint density at radius 1 is 1.32 bits per heavy atom. The number of nitrogens with zero attached hydrogens (tertiary/aromatic N) is 4. The van der Waals surface area contributed by atoms with Crippen molar-refractivity contribution in [2.45, 2.75) is 59.1 Å². The molecule has 0 bridgehead atoms. The first kappa shape index (κ1) is 19.3. The van der Waals surface area contributed by atoms with Gasteiger partial charge in [-0.3, -0.25) is 9.48 Å².